The monoisotopic (exact) mass is 265 g/mol. The Morgan fingerprint density at radius 2 is 2.11 bits per heavy atom. The number of ether oxygens (including phenoxy) is 2. The molecule has 0 aromatic heterocycles. The first kappa shape index (κ1) is 15.7. The molecule has 1 aromatic carbocycles. The highest BCUT2D eigenvalue weighted by molar-refractivity contribution is 5.86. The number of nitrogens with two attached hydrogens (primary N) is 1. The molecule has 0 amide bonds. The van der Waals surface area contributed by atoms with Crippen molar-refractivity contribution in [2.45, 2.75) is 32.2 Å². The van der Waals surface area contributed by atoms with Crippen molar-refractivity contribution in [3.05, 3.63) is 29.3 Å². The van der Waals surface area contributed by atoms with E-state index in [2.05, 4.69) is 0 Å². The molecule has 1 atom stereocenters. The van der Waals surface area contributed by atoms with E-state index in [0.717, 1.165) is 23.3 Å². The first-order valence-corrected chi connectivity index (χ1v) is 6.49. The Morgan fingerprint density at radius 1 is 1.37 bits per heavy atom. The highest BCUT2D eigenvalue weighted by atomic mass is 16.5. The van der Waals surface area contributed by atoms with Crippen LogP contribution in [0.5, 0.6) is 5.75 Å². The van der Waals surface area contributed by atoms with Gasteiger partial charge in [0.25, 0.3) is 0 Å². The first-order chi connectivity index (χ1) is 9.08. The normalized spacial score (nSPS) is 12.2. The van der Waals surface area contributed by atoms with Crippen molar-refractivity contribution in [2.75, 3.05) is 20.8 Å². The van der Waals surface area contributed by atoms with E-state index >= 15 is 0 Å². The molecule has 19 heavy (non-hydrogen) atoms. The fraction of sp³-hybridized carbons (Fsp3) is 0.533. The van der Waals surface area contributed by atoms with Crippen LogP contribution < -0.4 is 10.5 Å². The molecule has 0 saturated carbocycles. The molecule has 0 saturated heterocycles. The average molecular weight is 265 g/mol. The maximum atomic E-state index is 12.1. The lowest BCUT2D eigenvalue weighted by molar-refractivity contribution is -0.119. The van der Waals surface area contributed by atoms with Crippen molar-refractivity contribution in [3.63, 3.8) is 0 Å². The van der Waals surface area contributed by atoms with Crippen molar-refractivity contribution < 1.29 is 14.3 Å². The minimum absolute atomic E-state index is 0.0417. The summed E-state index contributed by atoms with van der Waals surface area (Å²) in [6, 6.07) is 5.39. The Hall–Kier alpha value is -1.39. The molecule has 0 fully saturated rings. The summed E-state index contributed by atoms with van der Waals surface area (Å²) >= 11 is 0. The Kier molecular flexibility index (Phi) is 6.53. The van der Waals surface area contributed by atoms with Crippen LogP contribution in [0.4, 0.5) is 0 Å². The Morgan fingerprint density at radius 3 is 2.74 bits per heavy atom. The number of aryl methyl sites for hydroxylation is 1. The third kappa shape index (κ3) is 5.01. The predicted molar refractivity (Wildman–Crippen MR) is 75.5 cm³/mol. The van der Waals surface area contributed by atoms with Crippen LogP contribution in [0, 0.1) is 6.92 Å². The summed E-state index contributed by atoms with van der Waals surface area (Å²) in [6.07, 6.45) is 1.77. The van der Waals surface area contributed by atoms with Crippen LogP contribution in [0.1, 0.15) is 24.0 Å². The maximum absolute atomic E-state index is 12.1. The van der Waals surface area contributed by atoms with Gasteiger partial charge in [-0.2, -0.15) is 0 Å². The number of ketones is 1. The van der Waals surface area contributed by atoms with Crippen LogP contribution >= 0.6 is 0 Å². The summed E-state index contributed by atoms with van der Waals surface area (Å²) in [5.74, 6) is 0.781. The number of Topliss-reactive ketones (excluding diaryl/α,β-unsaturated/α-hetero) is 1. The smallest absolute Gasteiger partial charge is 0.154 e. The van der Waals surface area contributed by atoms with Crippen LogP contribution in [0.3, 0.4) is 0 Å². The van der Waals surface area contributed by atoms with Crippen molar-refractivity contribution in [1.82, 2.24) is 0 Å². The average Bonchev–Trinajstić information content (AvgIpc) is 2.39. The lowest BCUT2D eigenvalue weighted by Gasteiger charge is -2.13. The molecule has 1 unspecified atom stereocenters. The number of hydrogen-bond acceptors (Lipinski definition) is 4. The number of hydrogen-bond donors (Lipinski definition) is 1. The molecule has 0 bridgehead atoms. The van der Waals surface area contributed by atoms with Gasteiger partial charge in [-0.3, -0.25) is 4.79 Å². The van der Waals surface area contributed by atoms with Gasteiger partial charge in [-0.25, -0.2) is 0 Å². The summed E-state index contributed by atoms with van der Waals surface area (Å²) < 4.78 is 10.2. The van der Waals surface area contributed by atoms with E-state index in [4.69, 9.17) is 15.2 Å². The van der Waals surface area contributed by atoms with Gasteiger partial charge in [0.1, 0.15) is 5.75 Å². The van der Waals surface area contributed by atoms with Crippen molar-refractivity contribution in [2.24, 2.45) is 5.73 Å². The second-order valence-corrected chi connectivity index (χ2v) is 4.70. The summed E-state index contributed by atoms with van der Waals surface area (Å²) in [7, 11) is 3.25. The minimum Gasteiger partial charge on any atom is -0.496 e. The second-order valence-electron chi connectivity index (χ2n) is 4.70. The van der Waals surface area contributed by atoms with Crippen LogP contribution in [-0.4, -0.2) is 32.7 Å². The Labute approximate surface area is 114 Å². The van der Waals surface area contributed by atoms with Gasteiger partial charge in [0, 0.05) is 25.7 Å². The maximum Gasteiger partial charge on any atom is 0.154 e. The highest BCUT2D eigenvalue weighted by Gasteiger charge is 2.16. The molecule has 4 heteroatoms. The van der Waals surface area contributed by atoms with E-state index in [9.17, 15) is 4.79 Å². The second kappa shape index (κ2) is 7.92. The topological polar surface area (TPSA) is 61.5 Å². The molecule has 0 aliphatic carbocycles. The summed E-state index contributed by atoms with van der Waals surface area (Å²) in [4.78, 5) is 12.1. The number of benzene rings is 1. The number of carbonyl (C=O) groups is 1. The highest BCUT2D eigenvalue weighted by Crippen LogP contribution is 2.20. The largest absolute Gasteiger partial charge is 0.496 e. The van der Waals surface area contributed by atoms with E-state index in [-0.39, 0.29) is 5.78 Å². The summed E-state index contributed by atoms with van der Waals surface area (Å²) in [5.41, 5.74) is 7.90. The van der Waals surface area contributed by atoms with Gasteiger partial charge in [0.05, 0.1) is 13.2 Å². The van der Waals surface area contributed by atoms with Gasteiger partial charge in [0.15, 0.2) is 5.78 Å². The van der Waals surface area contributed by atoms with Crippen molar-refractivity contribution in [3.8, 4) is 5.75 Å². The molecule has 0 radical (unpaired) electrons. The third-order valence-corrected chi connectivity index (χ3v) is 3.08. The number of methoxy groups -OCH3 is 2. The van der Waals surface area contributed by atoms with E-state index in [1.165, 1.54) is 0 Å². The van der Waals surface area contributed by atoms with E-state index in [1.54, 1.807) is 14.2 Å². The molecule has 2 N–H and O–H groups in total. The van der Waals surface area contributed by atoms with Gasteiger partial charge in [0.2, 0.25) is 0 Å². The van der Waals surface area contributed by atoms with Crippen LogP contribution in [0.25, 0.3) is 0 Å². The molecule has 0 heterocycles. The molecule has 1 aromatic rings. The van der Waals surface area contributed by atoms with Gasteiger partial charge in [-0.1, -0.05) is 17.7 Å². The van der Waals surface area contributed by atoms with Gasteiger partial charge >= 0.3 is 0 Å². The quantitative estimate of drug-likeness (QED) is 0.729. The van der Waals surface area contributed by atoms with Gasteiger partial charge < -0.3 is 15.2 Å². The van der Waals surface area contributed by atoms with Crippen molar-refractivity contribution >= 4 is 5.78 Å². The third-order valence-electron chi connectivity index (χ3n) is 3.08. The van der Waals surface area contributed by atoms with Crippen molar-refractivity contribution in [1.29, 1.82) is 0 Å². The zero-order valence-corrected chi connectivity index (χ0v) is 11.9. The molecule has 106 valence electrons. The first-order valence-electron chi connectivity index (χ1n) is 6.49. The predicted octanol–water partition coefficient (Wildman–Crippen LogP) is 1.87. The number of rotatable bonds is 8. The molecule has 0 aliphatic heterocycles. The molecule has 1 rings (SSSR count). The molecule has 0 spiro atoms. The van der Waals surface area contributed by atoms with Crippen LogP contribution in [-0.2, 0) is 16.0 Å². The lowest BCUT2D eigenvalue weighted by Crippen LogP contribution is -2.32. The fourth-order valence-corrected chi connectivity index (χ4v) is 1.97. The molecular weight excluding hydrogens is 242 g/mol. The van der Waals surface area contributed by atoms with E-state index < -0.39 is 6.04 Å². The van der Waals surface area contributed by atoms with E-state index in [1.807, 2.05) is 25.1 Å². The van der Waals surface area contributed by atoms with Crippen LogP contribution in [0.2, 0.25) is 0 Å². The Balaban J connectivity index is 2.63. The standard InChI is InChI=1S/C15H23NO3/c1-11-6-7-15(19-3)12(9-11)10-14(17)13(16)5-4-8-18-2/h6-7,9,13H,4-5,8,10,16H2,1-3H3. The molecular formula is C15H23NO3. The fourth-order valence-electron chi connectivity index (χ4n) is 1.97. The zero-order chi connectivity index (χ0) is 14.3. The van der Waals surface area contributed by atoms with Gasteiger partial charge in [-0.05, 0) is 25.8 Å². The SMILES string of the molecule is COCCCC(N)C(=O)Cc1cc(C)ccc1OC. The molecule has 0 aliphatic rings. The molecule has 4 nitrogen and oxygen atoms in total. The summed E-state index contributed by atoms with van der Waals surface area (Å²) in [5, 5.41) is 0. The van der Waals surface area contributed by atoms with Crippen LogP contribution in [0.15, 0.2) is 18.2 Å². The lowest BCUT2D eigenvalue weighted by atomic mass is 9.99. The zero-order valence-electron chi connectivity index (χ0n) is 11.9. The van der Waals surface area contributed by atoms with E-state index in [0.29, 0.717) is 19.4 Å². The Bertz CT molecular complexity index is 418. The summed E-state index contributed by atoms with van der Waals surface area (Å²) in [6.45, 7) is 2.63. The van der Waals surface area contributed by atoms with Gasteiger partial charge in [-0.15, -0.1) is 0 Å². The number of carbonyl (C=O) groups excluding carboxylic acids is 1. The minimum atomic E-state index is -0.430.